The summed E-state index contributed by atoms with van der Waals surface area (Å²) in [5.74, 6) is 1.15. The zero-order chi connectivity index (χ0) is 11.0. The van der Waals surface area contributed by atoms with Crippen LogP contribution in [0.25, 0.3) is 11.5 Å². The second-order valence-corrected chi connectivity index (χ2v) is 3.53. The number of nitrogen functional groups attached to an aromatic ring is 1. The number of hydrogen-bond acceptors (Lipinski definition) is 4. The maximum absolute atomic E-state index is 5.80. The summed E-state index contributed by atoms with van der Waals surface area (Å²) in [6.45, 7) is 3.84. The van der Waals surface area contributed by atoms with Crippen LogP contribution in [0.2, 0.25) is 0 Å². The van der Waals surface area contributed by atoms with Crippen LogP contribution >= 0.6 is 0 Å². The lowest BCUT2D eigenvalue weighted by Crippen LogP contribution is -2.03. The molecule has 15 heavy (non-hydrogen) atoms. The number of nitrogens with two attached hydrogens (primary N) is 1. The van der Waals surface area contributed by atoms with Gasteiger partial charge in [-0.25, -0.2) is 15.0 Å². The molecule has 0 saturated heterocycles. The maximum Gasteiger partial charge on any atom is 0.180 e. The van der Waals surface area contributed by atoms with E-state index in [0.717, 1.165) is 17.0 Å². The lowest BCUT2D eigenvalue weighted by Gasteiger charge is -2.06. The molecule has 0 aromatic carbocycles. The minimum Gasteiger partial charge on any atom is -0.383 e. The van der Waals surface area contributed by atoms with Crippen LogP contribution in [-0.4, -0.2) is 19.5 Å². The molecule has 2 aromatic rings. The zero-order valence-corrected chi connectivity index (χ0v) is 9.02. The Kier molecular flexibility index (Phi) is 2.15. The smallest absolute Gasteiger partial charge is 0.180 e. The largest absolute Gasteiger partial charge is 0.383 e. The Labute approximate surface area is 88.0 Å². The predicted octanol–water partition coefficient (Wildman–Crippen LogP) is 1.08. The Balaban J connectivity index is 2.60. The summed E-state index contributed by atoms with van der Waals surface area (Å²) in [5, 5.41) is 0. The summed E-state index contributed by atoms with van der Waals surface area (Å²) in [5.41, 5.74) is 8.50. The number of nitrogens with zero attached hydrogens (tertiary/aromatic N) is 4. The van der Waals surface area contributed by atoms with Gasteiger partial charge in [-0.2, -0.15) is 0 Å². The van der Waals surface area contributed by atoms with Crippen LogP contribution in [0.4, 0.5) is 5.82 Å². The molecule has 0 atom stereocenters. The van der Waals surface area contributed by atoms with E-state index in [4.69, 9.17) is 5.73 Å². The molecule has 0 amide bonds. The first-order chi connectivity index (χ1) is 7.09. The van der Waals surface area contributed by atoms with Crippen molar-refractivity contribution < 1.29 is 0 Å². The van der Waals surface area contributed by atoms with E-state index in [-0.39, 0.29) is 0 Å². The topological polar surface area (TPSA) is 69.6 Å². The molecule has 2 aromatic heterocycles. The molecule has 0 fully saturated rings. The average Bonchev–Trinajstić information content (AvgIpc) is 2.60. The Morgan fingerprint density at radius 3 is 2.53 bits per heavy atom. The van der Waals surface area contributed by atoms with Crippen LogP contribution in [0.5, 0.6) is 0 Å². The van der Waals surface area contributed by atoms with Gasteiger partial charge < -0.3 is 10.3 Å². The minimum atomic E-state index is 0.527. The molecule has 0 aliphatic heterocycles. The number of aryl methyl sites for hydroxylation is 2. The van der Waals surface area contributed by atoms with Gasteiger partial charge in [-0.1, -0.05) is 0 Å². The van der Waals surface area contributed by atoms with Crippen molar-refractivity contribution in [2.75, 3.05) is 5.73 Å². The van der Waals surface area contributed by atoms with Gasteiger partial charge in [0.1, 0.15) is 11.5 Å². The SMILES string of the molecule is Cc1nc(-c2cncn2C)nc(N)c1C. The Morgan fingerprint density at radius 2 is 2.00 bits per heavy atom. The first-order valence-corrected chi connectivity index (χ1v) is 4.67. The van der Waals surface area contributed by atoms with E-state index >= 15 is 0 Å². The number of imidazole rings is 1. The van der Waals surface area contributed by atoms with Crippen molar-refractivity contribution in [1.82, 2.24) is 19.5 Å². The molecular weight excluding hydrogens is 190 g/mol. The molecule has 0 bridgehead atoms. The molecule has 5 heteroatoms. The predicted molar refractivity (Wildman–Crippen MR) is 58.1 cm³/mol. The summed E-state index contributed by atoms with van der Waals surface area (Å²) >= 11 is 0. The molecule has 2 heterocycles. The fourth-order valence-electron chi connectivity index (χ4n) is 1.34. The van der Waals surface area contributed by atoms with Gasteiger partial charge in [0, 0.05) is 18.3 Å². The van der Waals surface area contributed by atoms with Gasteiger partial charge in [0.05, 0.1) is 12.5 Å². The van der Waals surface area contributed by atoms with Crippen molar-refractivity contribution in [3.8, 4) is 11.5 Å². The fourth-order valence-corrected chi connectivity index (χ4v) is 1.34. The number of rotatable bonds is 1. The highest BCUT2D eigenvalue weighted by Gasteiger charge is 2.09. The van der Waals surface area contributed by atoms with E-state index < -0.39 is 0 Å². The first kappa shape index (κ1) is 9.64. The molecule has 0 spiro atoms. The number of anilines is 1. The molecule has 2 N–H and O–H groups in total. The minimum absolute atomic E-state index is 0.527. The molecule has 2 rings (SSSR count). The molecule has 0 aliphatic rings. The second-order valence-electron chi connectivity index (χ2n) is 3.53. The van der Waals surface area contributed by atoms with Gasteiger partial charge >= 0.3 is 0 Å². The molecule has 0 aliphatic carbocycles. The summed E-state index contributed by atoms with van der Waals surface area (Å²) < 4.78 is 1.86. The number of hydrogen-bond donors (Lipinski definition) is 1. The molecular formula is C10H13N5. The number of aromatic nitrogens is 4. The van der Waals surface area contributed by atoms with E-state index in [1.54, 1.807) is 12.5 Å². The quantitative estimate of drug-likeness (QED) is 0.752. The third-order valence-corrected chi connectivity index (χ3v) is 2.47. The second kappa shape index (κ2) is 3.34. The normalized spacial score (nSPS) is 10.6. The van der Waals surface area contributed by atoms with Crippen molar-refractivity contribution >= 4 is 5.82 Å². The Hall–Kier alpha value is -1.91. The molecule has 0 unspecified atom stereocenters. The van der Waals surface area contributed by atoms with Gasteiger partial charge in [0.15, 0.2) is 5.82 Å². The maximum atomic E-state index is 5.80. The monoisotopic (exact) mass is 203 g/mol. The third-order valence-electron chi connectivity index (χ3n) is 2.47. The fraction of sp³-hybridized carbons (Fsp3) is 0.300. The van der Waals surface area contributed by atoms with Crippen molar-refractivity contribution in [3.05, 3.63) is 23.8 Å². The lowest BCUT2D eigenvalue weighted by atomic mass is 10.2. The van der Waals surface area contributed by atoms with Crippen molar-refractivity contribution in [2.45, 2.75) is 13.8 Å². The van der Waals surface area contributed by atoms with Crippen LogP contribution in [-0.2, 0) is 7.05 Å². The van der Waals surface area contributed by atoms with Crippen LogP contribution in [0.3, 0.4) is 0 Å². The van der Waals surface area contributed by atoms with E-state index in [9.17, 15) is 0 Å². The summed E-state index contributed by atoms with van der Waals surface area (Å²) in [7, 11) is 1.90. The highest BCUT2D eigenvalue weighted by molar-refractivity contribution is 5.54. The van der Waals surface area contributed by atoms with Crippen LogP contribution in [0.15, 0.2) is 12.5 Å². The zero-order valence-electron chi connectivity index (χ0n) is 9.02. The molecule has 78 valence electrons. The van der Waals surface area contributed by atoms with E-state index in [1.807, 2.05) is 25.5 Å². The van der Waals surface area contributed by atoms with Crippen molar-refractivity contribution in [3.63, 3.8) is 0 Å². The highest BCUT2D eigenvalue weighted by Crippen LogP contribution is 2.18. The van der Waals surface area contributed by atoms with E-state index in [1.165, 1.54) is 0 Å². The van der Waals surface area contributed by atoms with Gasteiger partial charge in [-0.3, -0.25) is 0 Å². The van der Waals surface area contributed by atoms with Gasteiger partial charge in [-0.15, -0.1) is 0 Å². The van der Waals surface area contributed by atoms with Gasteiger partial charge in [0.2, 0.25) is 0 Å². The van der Waals surface area contributed by atoms with Crippen molar-refractivity contribution in [1.29, 1.82) is 0 Å². The summed E-state index contributed by atoms with van der Waals surface area (Å²) in [6.07, 6.45) is 3.44. The molecule has 0 radical (unpaired) electrons. The van der Waals surface area contributed by atoms with Crippen LogP contribution in [0.1, 0.15) is 11.3 Å². The average molecular weight is 203 g/mol. The van der Waals surface area contributed by atoms with Crippen LogP contribution in [0, 0.1) is 13.8 Å². The Morgan fingerprint density at radius 1 is 1.27 bits per heavy atom. The molecule has 5 nitrogen and oxygen atoms in total. The first-order valence-electron chi connectivity index (χ1n) is 4.67. The summed E-state index contributed by atoms with van der Waals surface area (Å²) in [6, 6.07) is 0. The van der Waals surface area contributed by atoms with Gasteiger partial charge in [-0.05, 0) is 13.8 Å². The molecule has 0 saturated carbocycles. The van der Waals surface area contributed by atoms with Crippen LogP contribution < -0.4 is 5.73 Å². The van der Waals surface area contributed by atoms with Crippen molar-refractivity contribution in [2.24, 2.45) is 7.05 Å². The standard InChI is InChI=1S/C10H13N5/c1-6-7(2)13-10(14-9(6)11)8-4-12-5-15(8)3/h4-5H,1-3H3,(H2,11,13,14). The van der Waals surface area contributed by atoms with E-state index in [2.05, 4.69) is 15.0 Å². The van der Waals surface area contributed by atoms with Gasteiger partial charge in [0.25, 0.3) is 0 Å². The van der Waals surface area contributed by atoms with E-state index in [0.29, 0.717) is 11.6 Å². The highest BCUT2D eigenvalue weighted by atomic mass is 15.1. The third kappa shape index (κ3) is 1.56. The Bertz CT molecular complexity index is 477. The summed E-state index contributed by atoms with van der Waals surface area (Å²) in [4.78, 5) is 12.6. The lowest BCUT2D eigenvalue weighted by molar-refractivity contribution is 0.904.